The highest BCUT2D eigenvalue weighted by molar-refractivity contribution is 5.99. The Labute approximate surface area is 466 Å². The van der Waals surface area contributed by atoms with E-state index >= 15 is 0 Å². The maximum atomic E-state index is 14.6. The minimum Gasteiger partial charge on any atom is -0.508 e. The van der Waals surface area contributed by atoms with E-state index in [-0.39, 0.29) is 75.3 Å². The Bertz CT molecular complexity index is 2690. The van der Waals surface area contributed by atoms with E-state index in [0.717, 1.165) is 11.8 Å². The molecule has 0 bridgehead atoms. The van der Waals surface area contributed by atoms with Crippen LogP contribution < -0.4 is 48.7 Å². The minimum atomic E-state index is -2.01. The molecule has 4 rings (SSSR count). The molecule has 1 fully saturated rings. The number of amides is 9. The molecule has 9 amide bonds. The Morgan fingerprint density at radius 1 is 0.593 bits per heavy atom. The monoisotopic (exact) mass is 1130 g/mol. The van der Waals surface area contributed by atoms with Crippen LogP contribution in [-0.2, 0) is 72.0 Å². The van der Waals surface area contributed by atoms with Gasteiger partial charge in [0, 0.05) is 32.2 Å². The van der Waals surface area contributed by atoms with Gasteiger partial charge in [0.05, 0.1) is 25.2 Å². The molecule has 27 heteroatoms. The van der Waals surface area contributed by atoms with Gasteiger partial charge in [-0.2, -0.15) is 0 Å². The fourth-order valence-corrected chi connectivity index (χ4v) is 8.73. The molecule has 3 aromatic rings. The zero-order chi connectivity index (χ0) is 60.1. The number of aromatic hydroxyl groups is 2. The van der Waals surface area contributed by atoms with Gasteiger partial charge < -0.3 is 84.2 Å². The molecule has 81 heavy (non-hydrogen) atoms. The third kappa shape index (κ3) is 20.8. The number of primary amides is 1. The summed E-state index contributed by atoms with van der Waals surface area (Å²) in [6.45, 7) is 3.59. The van der Waals surface area contributed by atoms with E-state index in [1.807, 2.05) is 13.8 Å². The molecule has 27 nitrogen and oxygen atoms in total. The molecule has 0 aromatic heterocycles. The molecule has 0 unspecified atom stereocenters. The number of aliphatic hydroxyl groups excluding tert-OH is 2. The topological polar surface area (TPSA) is 449 Å². The first-order valence-electron chi connectivity index (χ1n) is 26.1. The standard InChI is InChI=1S/C54H72N10O17/c1-28(2)22-35(55)46(72)57-36(19-20-43(56)69)47(73)58-37(23-31-11-15-33(67)16-12-31)48(74)59-39(26-44(70)71)49(75)62-41(27-65)51(77)61-40(25-30-8-5-4-6-9-30)53(79)64-21-7-10-42(64)52(78)60-38(24-32-13-17-34(68)18-14-32)50(76)63-45(29(3)66)54(80)81/h4-6,8-9,11-18,28-29,35-42,45,65-68H,7,10,19-27,55H2,1-3H3,(H2,56,69)(H,57,72)(H,58,73)(H,59,74)(H,60,78)(H,61,77)(H,62,75)(H,63,76)(H,70,71)(H,80,81)/t29-,35+,36+,37+,38+,39+,40+,41+,42+,45+/m1/s1. The van der Waals surface area contributed by atoms with Crippen molar-refractivity contribution >= 4 is 65.1 Å². The largest absolute Gasteiger partial charge is 0.508 e. The van der Waals surface area contributed by atoms with Gasteiger partial charge in [-0.15, -0.1) is 0 Å². The number of rotatable bonds is 31. The van der Waals surface area contributed by atoms with Crippen molar-refractivity contribution in [1.82, 2.24) is 42.1 Å². The van der Waals surface area contributed by atoms with Crippen LogP contribution in [0.1, 0.15) is 76.0 Å². The number of nitrogens with one attached hydrogen (secondary N) is 7. The van der Waals surface area contributed by atoms with E-state index in [9.17, 15) is 83.4 Å². The number of aliphatic carboxylic acids is 2. The molecular weight excluding hydrogens is 1060 g/mol. The minimum absolute atomic E-state index is 0.0199. The highest BCUT2D eigenvalue weighted by Gasteiger charge is 2.41. The number of aliphatic hydroxyl groups is 2. The number of phenolic OH excluding ortho intramolecular Hbond substituents is 2. The second kappa shape index (κ2) is 31.2. The van der Waals surface area contributed by atoms with Crippen LogP contribution in [0.2, 0.25) is 0 Å². The number of carbonyl (C=O) groups is 11. The van der Waals surface area contributed by atoms with Crippen molar-refractivity contribution in [3.05, 3.63) is 95.6 Å². The van der Waals surface area contributed by atoms with Gasteiger partial charge in [0.1, 0.15) is 53.8 Å². The normalized spacial score (nSPS) is 16.3. The lowest BCUT2D eigenvalue weighted by Gasteiger charge is -2.31. The van der Waals surface area contributed by atoms with Crippen molar-refractivity contribution < 1.29 is 83.4 Å². The van der Waals surface area contributed by atoms with E-state index in [0.29, 0.717) is 16.7 Å². The van der Waals surface area contributed by atoms with E-state index in [4.69, 9.17) is 11.5 Å². The van der Waals surface area contributed by atoms with Crippen LogP contribution in [0.3, 0.4) is 0 Å². The Balaban J connectivity index is 1.59. The number of likely N-dealkylation sites (tertiary alicyclic amines) is 1. The van der Waals surface area contributed by atoms with Crippen LogP contribution in [-0.4, -0.2) is 174 Å². The number of nitrogens with zero attached hydrogens (tertiary/aromatic N) is 1. The van der Waals surface area contributed by atoms with E-state index in [1.165, 1.54) is 48.5 Å². The first kappa shape index (κ1) is 64.8. The van der Waals surface area contributed by atoms with Crippen molar-refractivity contribution in [2.24, 2.45) is 17.4 Å². The number of carbonyl (C=O) groups excluding carboxylic acids is 9. The van der Waals surface area contributed by atoms with Crippen LogP contribution >= 0.6 is 0 Å². The van der Waals surface area contributed by atoms with Crippen LogP contribution in [0.15, 0.2) is 78.9 Å². The third-order valence-electron chi connectivity index (χ3n) is 13.0. The number of benzene rings is 3. The van der Waals surface area contributed by atoms with Crippen LogP contribution in [0.25, 0.3) is 0 Å². The smallest absolute Gasteiger partial charge is 0.328 e. The molecule has 17 N–H and O–H groups in total. The van der Waals surface area contributed by atoms with Gasteiger partial charge in [0.25, 0.3) is 0 Å². The van der Waals surface area contributed by atoms with Gasteiger partial charge in [-0.1, -0.05) is 68.4 Å². The van der Waals surface area contributed by atoms with Crippen LogP contribution in [0.5, 0.6) is 11.5 Å². The van der Waals surface area contributed by atoms with E-state index in [2.05, 4.69) is 37.2 Å². The lowest BCUT2D eigenvalue weighted by atomic mass is 10.0. The molecule has 1 saturated heterocycles. The van der Waals surface area contributed by atoms with Gasteiger partial charge in [-0.3, -0.25) is 47.9 Å². The molecule has 0 aliphatic carbocycles. The van der Waals surface area contributed by atoms with E-state index in [1.54, 1.807) is 30.3 Å². The van der Waals surface area contributed by atoms with Gasteiger partial charge >= 0.3 is 11.9 Å². The molecule has 10 atom stereocenters. The molecule has 3 aromatic carbocycles. The summed E-state index contributed by atoms with van der Waals surface area (Å²) in [7, 11) is 0. The first-order valence-corrected chi connectivity index (χ1v) is 26.1. The van der Waals surface area contributed by atoms with Crippen molar-refractivity contribution in [1.29, 1.82) is 0 Å². The zero-order valence-corrected chi connectivity index (χ0v) is 44.9. The maximum absolute atomic E-state index is 14.6. The molecule has 1 aliphatic rings. The van der Waals surface area contributed by atoms with Crippen molar-refractivity contribution in [2.75, 3.05) is 13.2 Å². The summed E-state index contributed by atoms with van der Waals surface area (Å²) in [5, 5.41) is 76.5. The molecule has 0 radical (unpaired) electrons. The maximum Gasteiger partial charge on any atom is 0.328 e. The highest BCUT2D eigenvalue weighted by Crippen LogP contribution is 2.22. The van der Waals surface area contributed by atoms with Crippen molar-refractivity contribution in [3.63, 3.8) is 0 Å². The number of carboxylic acids is 2. The SMILES string of the molecule is CC(C)C[C@H](N)C(=O)N[C@@H](CCC(N)=O)C(=O)N[C@@H](Cc1ccc(O)cc1)C(=O)N[C@@H](CC(=O)O)C(=O)N[C@@H](CO)C(=O)N[C@@H](Cc1ccccc1)C(=O)N1CCC[C@H]1C(=O)N[C@@H](Cc1ccc(O)cc1)C(=O)N[C@H](C(=O)O)[C@@H](C)O. The van der Waals surface area contributed by atoms with Gasteiger partial charge in [-0.25, -0.2) is 4.79 Å². The van der Waals surface area contributed by atoms with Gasteiger partial charge in [-0.05, 0) is 79.5 Å². The lowest BCUT2D eigenvalue weighted by molar-refractivity contribution is -0.145. The Morgan fingerprint density at radius 2 is 1.05 bits per heavy atom. The summed E-state index contributed by atoms with van der Waals surface area (Å²) >= 11 is 0. The number of hydrogen-bond acceptors (Lipinski definition) is 16. The number of carboxylic acid groups (broad SMARTS) is 2. The third-order valence-corrected chi connectivity index (χ3v) is 13.0. The molecule has 1 aliphatic heterocycles. The second-order valence-corrected chi connectivity index (χ2v) is 20.1. The Morgan fingerprint density at radius 3 is 1.57 bits per heavy atom. The highest BCUT2D eigenvalue weighted by atomic mass is 16.4. The van der Waals surface area contributed by atoms with Crippen LogP contribution in [0.4, 0.5) is 0 Å². The van der Waals surface area contributed by atoms with Crippen molar-refractivity contribution in [3.8, 4) is 11.5 Å². The van der Waals surface area contributed by atoms with Gasteiger partial charge in [0.2, 0.25) is 53.2 Å². The first-order chi connectivity index (χ1) is 38.3. The van der Waals surface area contributed by atoms with Gasteiger partial charge in [0.15, 0.2) is 6.04 Å². The summed E-state index contributed by atoms with van der Waals surface area (Å²) in [5.41, 5.74) is 12.6. The van der Waals surface area contributed by atoms with Crippen LogP contribution in [0, 0.1) is 5.92 Å². The molecule has 440 valence electrons. The fraction of sp³-hybridized carbons (Fsp3) is 0.463. The summed E-state index contributed by atoms with van der Waals surface area (Å²) in [4.78, 5) is 149. The molecule has 0 spiro atoms. The zero-order valence-electron chi connectivity index (χ0n) is 44.9. The van der Waals surface area contributed by atoms with Crippen molar-refractivity contribution in [2.45, 2.75) is 139 Å². The van der Waals surface area contributed by atoms with E-state index < -0.39 is 139 Å². The quantitative estimate of drug-likeness (QED) is 0.0307. The Hall–Kier alpha value is -8.69. The average molecular weight is 1130 g/mol. The predicted octanol–water partition coefficient (Wildman–Crippen LogP) is -2.92. The molecule has 1 heterocycles. The second-order valence-electron chi connectivity index (χ2n) is 20.1. The fourth-order valence-electron chi connectivity index (χ4n) is 8.73. The summed E-state index contributed by atoms with van der Waals surface area (Å²) in [6.07, 6.45) is -3.63. The summed E-state index contributed by atoms with van der Waals surface area (Å²) < 4.78 is 0. The summed E-state index contributed by atoms with van der Waals surface area (Å²) in [5.74, 6) is -12.4. The number of hydrogen-bond donors (Lipinski definition) is 15. The Kier molecular flexibility index (Phi) is 25.0. The lowest BCUT2D eigenvalue weighted by Crippen LogP contribution is -2.61. The molecular formula is C54H72N10O17. The number of phenols is 2. The average Bonchev–Trinajstić information content (AvgIpc) is 3.97. The summed E-state index contributed by atoms with van der Waals surface area (Å²) in [6, 6.07) is 5.03. The predicted molar refractivity (Wildman–Crippen MR) is 287 cm³/mol. The number of nitrogens with two attached hydrogens (primary N) is 2. The molecule has 0 saturated carbocycles.